The lowest BCUT2D eigenvalue weighted by Gasteiger charge is -2.46. The van der Waals surface area contributed by atoms with Crippen molar-refractivity contribution in [3.63, 3.8) is 0 Å². The molecule has 10 nitrogen and oxygen atoms in total. The van der Waals surface area contributed by atoms with Crippen molar-refractivity contribution in [1.29, 1.82) is 0 Å². The third-order valence-electron chi connectivity index (χ3n) is 7.20. The number of carboxylic acid groups (broad SMARTS) is 1. The highest BCUT2D eigenvalue weighted by atomic mass is 16.4. The van der Waals surface area contributed by atoms with Gasteiger partial charge in [0.15, 0.2) is 0 Å². The molecule has 0 unspecified atom stereocenters. The van der Waals surface area contributed by atoms with E-state index in [1.807, 2.05) is 32.7 Å². The molecule has 1 aliphatic carbocycles. The molecule has 1 aromatic rings. The van der Waals surface area contributed by atoms with Crippen molar-refractivity contribution in [2.75, 3.05) is 26.2 Å². The molecule has 4 rings (SSSR count). The molecule has 0 bridgehead atoms. The Morgan fingerprint density at radius 1 is 1.12 bits per heavy atom. The molecular formula is C23H36N6O4. The molecule has 3 heterocycles. The number of aryl methyl sites for hydroxylation is 1. The Morgan fingerprint density at radius 3 is 2.30 bits per heavy atom. The standard InChI is InChI=1S/C23H36N6O4/c1-16-24-14-18-15-27(21(31)28(16)18)26-12-10-25(11-13-26)20(30)19(17-8-6-5-7-9-17)29(22(32)33)23(2,3)4/h14,17,19H,5-13,15H2,1-4H3,(H,32,33)/t19-/m1/s1. The molecule has 182 valence electrons. The van der Waals surface area contributed by atoms with Gasteiger partial charge in [0.25, 0.3) is 0 Å². The summed E-state index contributed by atoms with van der Waals surface area (Å²) in [6.45, 7) is 9.87. The lowest BCUT2D eigenvalue weighted by Crippen LogP contribution is -2.63. The van der Waals surface area contributed by atoms with Crippen molar-refractivity contribution in [1.82, 2.24) is 29.4 Å². The average molecular weight is 461 g/mol. The van der Waals surface area contributed by atoms with Crippen LogP contribution in [0.5, 0.6) is 0 Å². The summed E-state index contributed by atoms with van der Waals surface area (Å²) in [7, 11) is 0. The quantitative estimate of drug-likeness (QED) is 0.741. The molecule has 1 saturated heterocycles. The van der Waals surface area contributed by atoms with E-state index in [4.69, 9.17) is 0 Å². The minimum Gasteiger partial charge on any atom is -0.465 e. The topological polar surface area (TPSA) is 102 Å². The fourth-order valence-corrected chi connectivity index (χ4v) is 5.56. The lowest BCUT2D eigenvalue weighted by molar-refractivity contribution is -0.145. The summed E-state index contributed by atoms with van der Waals surface area (Å²) in [5, 5.41) is 13.8. The van der Waals surface area contributed by atoms with Crippen molar-refractivity contribution < 1.29 is 19.5 Å². The van der Waals surface area contributed by atoms with Crippen LogP contribution in [0.1, 0.15) is 64.4 Å². The zero-order valence-corrected chi connectivity index (χ0v) is 20.2. The molecule has 2 aliphatic heterocycles. The number of carbonyl (C=O) groups is 3. The second-order valence-electron chi connectivity index (χ2n) is 10.4. The molecule has 33 heavy (non-hydrogen) atoms. The Hall–Kier alpha value is -2.62. The smallest absolute Gasteiger partial charge is 0.408 e. The van der Waals surface area contributed by atoms with Gasteiger partial charge in [0.2, 0.25) is 5.91 Å². The van der Waals surface area contributed by atoms with E-state index in [2.05, 4.69) is 4.98 Å². The normalized spacial score (nSPS) is 21.3. The third-order valence-corrected chi connectivity index (χ3v) is 7.20. The van der Waals surface area contributed by atoms with E-state index in [0.29, 0.717) is 38.5 Å². The molecule has 2 fully saturated rings. The van der Waals surface area contributed by atoms with Crippen molar-refractivity contribution in [2.45, 2.75) is 77.9 Å². The van der Waals surface area contributed by atoms with Gasteiger partial charge in [-0.2, -0.15) is 0 Å². The van der Waals surface area contributed by atoms with Crippen molar-refractivity contribution in [3.8, 4) is 0 Å². The maximum atomic E-state index is 13.8. The Kier molecular flexibility index (Phi) is 6.39. The molecule has 0 spiro atoms. The van der Waals surface area contributed by atoms with Gasteiger partial charge in [0, 0.05) is 31.7 Å². The van der Waals surface area contributed by atoms with E-state index >= 15 is 0 Å². The number of carbonyl (C=O) groups excluding carboxylic acids is 2. The molecule has 3 amide bonds. The monoisotopic (exact) mass is 460 g/mol. The highest BCUT2D eigenvalue weighted by Crippen LogP contribution is 2.34. The second-order valence-corrected chi connectivity index (χ2v) is 10.4. The number of rotatable bonds is 4. The van der Waals surface area contributed by atoms with Crippen LogP contribution in [0.2, 0.25) is 0 Å². The largest absolute Gasteiger partial charge is 0.465 e. The Labute approximate surface area is 195 Å². The van der Waals surface area contributed by atoms with E-state index in [0.717, 1.165) is 37.8 Å². The number of fused-ring (bicyclic) bond motifs is 1. The predicted molar refractivity (Wildman–Crippen MR) is 121 cm³/mol. The summed E-state index contributed by atoms with van der Waals surface area (Å²) >= 11 is 0. The zero-order valence-electron chi connectivity index (χ0n) is 20.2. The molecule has 0 radical (unpaired) electrons. The van der Waals surface area contributed by atoms with Gasteiger partial charge in [-0.25, -0.2) is 24.1 Å². The second kappa shape index (κ2) is 8.96. The number of piperazine rings is 1. The van der Waals surface area contributed by atoms with Crippen molar-refractivity contribution >= 4 is 18.0 Å². The van der Waals surface area contributed by atoms with E-state index in [1.54, 1.807) is 20.7 Å². The van der Waals surface area contributed by atoms with Crippen LogP contribution in [-0.2, 0) is 11.3 Å². The highest BCUT2D eigenvalue weighted by molar-refractivity contribution is 5.86. The number of imidazole rings is 1. The maximum Gasteiger partial charge on any atom is 0.408 e. The fraction of sp³-hybridized carbons (Fsp3) is 0.739. The predicted octanol–water partition coefficient (Wildman–Crippen LogP) is 2.76. The van der Waals surface area contributed by atoms with Gasteiger partial charge in [0.1, 0.15) is 11.9 Å². The van der Waals surface area contributed by atoms with Crippen LogP contribution in [-0.4, -0.2) is 90.3 Å². The lowest BCUT2D eigenvalue weighted by atomic mass is 9.81. The van der Waals surface area contributed by atoms with Crippen LogP contribution in [0, 0.1) is 12.8 Å². The third kappa shape index (κ3) is 4.45. The number of hydrogen-bond donors (Lipinski definition) is 1. The SMILES string of the molecule is Cc1ncc2n1C(=O)N(N1CCN(C(=O)[C@@H](C3CCCCC3)N(C(=O)O)C(C)(C)C)CC1)C2. The first-order valence-corrected chi connectivity index (χ1v) is 12.0. The van der Waals surface area contributed by atoms with Crippen LogP contribution < -0.4 is 0 Å². The van der Waals surface area contributed by atoms with E-state index < -0.39 is 17.7 Å². The van der Waals surface area contributed by atoms with Gasteiger partial charge in [-0.05, 0) is 46.5 Å². The number of hydrogen-bond acceptors (Lipinski definition) is 5. The highest BCUT2D eigenvalue weighted by Gasteiger charge is 2.45. The van der Waals surface area contributed by atoms with E-state index in [9.17, 15) is 19.5 Å². The molecule has 1 N–H and O–H groups in total. The van der Waals surface area contributed by atoms with Gasteiger partial charge in [-0.3, -0.25) is 14.7 Å². The van der Waals surface area contributed by atoms with Crippen LogP contribution in [0.3, 0.4) is 0 Å². The van der Waals surface area contributed by atoms with Crippen molar-refractivity contribution in [2.24, 2.45) is 5.92 Å². The Morgan fingerprint density at radius 2 is 1.76 bits per heavy atom. The number of nitrogens with zero attached hydrogens (tertiary/aromatic N) is 6. The summed E-state index contributed by atoms with van der Waals surface area (Å²) in [4.78, 5) is 46.3. The van der Waals surface area contributed by atoms with Gasteiger partial charge >= 0.3 is 12.1 Å². The summed E-state index contributed by atoms with van der Waals surface area (Å²) in [6, 6.07) is -0.776. The van der Waals surface area contributed by atoms with E-state index in [1.165, 1.54) is 4.90 Å². The van der Waals surface area contributed by atoms with E-state index in [-0.39, 0.29) is 17.9 Å². The first kappa shape index (κ1) is 23.5. The minimum absolute atomic E-state index is 0.0427. The maximum absolute atomic E-state index is 13.8. The Balaban J connectivity index is 1.47. The van der Waals surface area contributed by atoms with Crippen LogP contribution >= 0.6 is 0 Å². The average Bonchev–Trinajstić information content (AvgIpc) is 3.30. The first-order chi connectivity index (χ1) is 15.6. The van der Waals surface area contributed by atoms with Gasteiger partial charge in [0.05, 0.1) is 18.4 Å². The summed E-state index contributed by atoms with van der Waals surface area (Å²) in [6.07, 6.45) is 5.65. The zero-order chi connectivity index (χ0) is 23.9. The number of amides is 3. The van der Waals surface area contributed by atoms with Crippen LogP contribution in [0.25, 0.3) is 0 Å². The molecule has 0 aromatic carbocycles. The summed E-state index contributed by atoms with van der Waals surface area (Å²) < 4.78 is 1.63. The van der Waals surface area contributed by atoms with Gasteiger partial charge in [-0.1, -0.05) is 19.3 Å². The molecule has 1 saturated carbocycles. The van der Waals surface area contributed by atoms with Crippen molar-refractivity contribution in [3.05, 3.63) is 17.7 Å². The molecular weight excluding hydrogens is 424 g/mol. The molecule has 1 atom stereocenters. The molecule has 10 heteroatoms. The van der Waals surface area contributed by atoms with Gasteiger partial charge < -0.3 is 10.0 Å². The number of aromatic nitrogens is 2. The summed E-state index contributed by atoms with van der Waals surface area (Å²) in [5.41, 5.74) is 0.197. The molecule has 3 aliphatic rings. The van der Waals surface area contributed by atoms with Gasteiger partial charge in [-0.15, -0.1) is 0 Å². The van der Waals surface area contributed by atoms with Crippen LogP contribution in [0.4, 0.5) is 9.59 Å². The fourth-order valence-electron chi connectivity index (χ4n) is 5.56. The van der Waals surface area contributed by atoms with Crippen LogP contribution in [0.15, 0.2) is 6.20 Å². The summed E-state index contributed by atoms with van der Waals surface area (Å²) in [5.74, 6) is 0.622. The first-order valence-electron chi connectivity index (χ1n) is 12.0. The minimum atomic E-state index is -1.04. The number of hydrazine groups is 1. The molecule has 1 aromatic heterocycles. The Bertz CT molecular complexity index is 909.